The van der Waals surface area contributed by atoms with E-state index in [1.165, 1.54) is 6.20 Å². The number of ether oxygens (including phenoxy) is 2. The molecule has 0 radical (unpaired) electrons. The summed E-state index contributed by atoms with van der Waals surface area (Å²) in [6.45, 7) is 5.03. The maximum Gasteiger partial charge on any atom is 0.213 e. The van der Waals surface area contributed by atoms with Crippen LogP contribution >= 0.6 is 0 Å². The average molecular weight is 224 g/mol. The molecular formula is C11H16N2O3. The van der Waals surface area contributed by atoms with Crippen molar-refractivity contribution in [2.24, 2.45) is 0 Å². The van der Waals surface area contributed by atoms with Crippen molar-refractivity contribution in [3.63, 3.8) is 0 Å². The highest BCUT2D eigenvalue weighted by molar-refractivity contribution is 5.21. The zero-order chi connectivity index (χ0) is 11.2. The predicted molar refractivity (Wildman–Crippen MR) is 58.7 cm³/mol. The Kier molecular flexibility index (Phi) is 3.96. The highest BCUT2D eigenvalue weighted by Gasteiger charge is 2.09. The summed E-state index contributed by atoms with van der Waals surface area (Å²) >= 11 is 0. The molecule has 2 heterocycles. The van der Waals surface area contributed by atoms with E-state index in [1.54, 1.807) is 12.1 Å². The summed E-state index contributed by atoms with van der Waals surface area (Å²) in [6, 6.07) is 3.23. The van der Waals surface area contributed by atoms with E-state index < -0.39 is 0 Å². The second-order valence-electron chi connectivity index (χ2n) is 3.66. The van der Waals surface area contributed by atoms with Crippen molar-refractivity contribution in [3.8, 4) is 11.6 Å². The molecule has 0 aliphatic carbocycles. The SMILES string of the molecule is Oc1ccc(OCCN2CCOCC2)nc1. The molecule has 0 aromatic carbocycles. The second kappa shape index (κ2) is 5.67. The van der Waals surface area contributed by atoms with Crippen molar-refractivity contribution in [1.82, 2.24) is 9.88 Å². The van der Waals surface area contributed by atoms with Gasteiger partial charge in [-0.25, -0.2) is 4.98 Å². The molecule has 0 atom stereocenters. The summed E-state index contributed by atoms with van der Waals surface area (Å²) in [4.78, 5) is 6.24. The van der Waals surface area contributed by atoms with Gasteiger partial charge in [0.2, 0.25) is 5.88 Å². The number of hydrogen-bond acceptors (Lipinski definition) is 5. The van der Waals surface area contributed by atoms with E-state index in [4.69, 9.17) is 14.6 Å². The van der Waals surface area contributed by atoms with E-state index in [9.17, 15) is 0 Å². The standard InChI is InChI=1S/C11H16N2O3/c14-10-1-2-11(12-9-10)16-8-5-13-3-6-15-7-4-13/h1-2,9,14H,3-8H2. The van der Waals surface area contributed by atoms with E-state index >= 15 is 0 Å². The van der Waals surface area contributed by atoms with Crippen LogP contribution in [0.5, 0.6) is 11.6 Å². The molecule has 5 heteroatoms. The van der Waals surface area contributed by atoms with Gasteiger partial charge in [-0.2, -0.15) is 0 Å². The fourth-order valence-corrected chi connectivity index (χ4v) is 1.56. The van der Waals surface area contributed by atoms with Crippen LogP contribution in [-0.4, -0.2) is 54.4 Å². The molecule has 1 aromatic rings. The maximum atomic E-state index is 9.05. The zero-order valence-corrected chi connectivity index (χ0v) is 9.13. The number of aromatic hydroxyl groups is 1. The minimum Gasteiger partial charge on any atom is -0.506 e. The molecule has 0 bridgehead atoms. The van der Waals surface area contributed by atoms with Crippen molar-refractivity contribution in [2.45, 2.75) is 0 Å². The van der Waals surface area contributed by atoms with Gasteiger partial charge >= 0.3 is 0 Å². The fourth-order valence-electron chi connectivity index (χ4n) is 1.56. The first-order valence-corrected chi connectivity index (χ1v) is 5.42. The van der Waals surface area contributed by atoms with Crippen molar-refractivity contribution < 1.29 is 14.6 Å². The van der Waals surface area contributed by atoms with Gasteiger partial charge in [0.05, 0.1) is 19.4 Å². The third kappa shape index (κ3) is 3.36. The molecule has 1 fully saturated rings. The van der Waals surface area contributed by atoms with E-state index in [2.05, 4.69) is 9.88 Å². The molecular weight excluding hydrogens is 208 g/mol. The summed E-state index contributed by atoms with van der Waals surface area (Å²) in [5, 5.41) is 9.05. The summed E-state index contributed by atoms with van der Waals surface area (Å²) < 4.78 is 10.7. The number of rotatable bonds is 4. The maximum absolute atomic E-state index is 9.05. The van der Waals surface area contributed by atoms with Crippen LogP contribution in [0.15, 0.2) is 18.3 Å². The first-order valence-electron chi connectivity index (χ1n) is 5.42. The lowest BCUT2D eigenvalue weighted by Gasteiger charge is -2.26. The molecule has 0 saturated carbocycles. The van der Waals surface area contributed by atoms with Crippen LogP contribution in [-0.2, 0) is 4.74 Å². The Hall–Kier alpha value is -1.33. The number of pyridine rings is 1. The molecule has 1 N–H and O–H groups in total. The van der Waals surface area contributed by atoms with Gasteiger partial charge in [0, 0.05) is 25.7 Å². The lowest BCUT2D eigenvalue weighted by atomic mass is 10.4. The normalized spacial score (nSPS) is 17.2. The number of aromatic nitrogens is 1. The minimum absolute atomic E-state index is 0.153. The Bertz CT molecular complexity index is 310. The van der Waals surface area contributed by atoms with Gasteiger partial charge in [-0.05, 0) is 6.07 Å². The van der Waals surface area contributed by atoms with Gasteiger partial charge < -0.3 is 14.6 Å². The number of hydrogen-bond donors (Lipinski definition) is 1. The Morgan fingerprint density at radius 1 is 1.38 bits per heavy atom. The molecule has 0 spiro atoms. The average Bonchev–Trinajstić information content (AvgIpc) is 2.33. The third-order valence-corrected chi connectivity index (χ3v) is 2.48. The molecule has 2 rings (SSSR count). The van der Waals surface area contributed by atoms with Crippen molar-refractivity contribution in [3.05, 3.63) is 18.3 Å². The summed E-state index contributed by atoms with van der Waals surface area (Å²) in [5.74, 6) is 0.701. The molecule has 1 aromatic heterocycles. The largest absolute Gasteiger partial charge is 0.506 e. The van der Waals surface area contributed by atoms with Crippen LogP contribution in [0.4, 0.5) is 0 Å². The second-order valence-corrected chi connectivity index (χ2v) is 3.66. The van der Waals surface area contributed by atoms with Crippen molar-refractivity contribution >= 4 is 0 Å². The Morgan fingerprint density at radius 2 is 2.19 bits per heavy atom. The molecule has 1 saturated heterocycles. The molecule has 5 nitrogen and oxygen atoms in total. The number of nitrogens with zero attached hydrogens (tertiary/aromatic N) is 2. The lowest BCUT2D eigenvalue weighted by Crippen LogP contribution is -2.38. The monoisotopic (exact) mass is 224 g/mol. The predicted octanol–water partition coefficient (Wildman–Crippen LogP) is 0.498. The van der Waals surface area contributed by atoms with Gasteiger partial charge in [0.1, 0.15) is 12.4 Å². The van der Waals surface area contributed by atoms with Gasteiger partial charge in [-0.1, -0.05) is 0 Å². The molecule has 88 valence electrons. The van der Waals surface area contributed by atoms with Crippen LogP contribution in [0, 0.1) is 0 Å². The molecule has 16 heavy (non-hydrogen) atoms. The van der Waals surface area contributed by atoms with Crippen LogP contribution in [0.1, 0.15) is 0 Å². The quantitative estimate of drug-likeness (QED) is 0.807. The third-order valence-electron chi connectivity index (χ3n) is 2.48. The van der Waals surface area contributed by atoms with Crippen molar-refractivity contribution in [2.75, 3.05) is 39.5 Å². The Labute approximate surface area is 94.6 Å². The highest BCUT2D eigenvalue weighted by atomic mass is 16.5. The molecule has 0 amide bonds. The van der Waals surface area contributed by atoms with Crippen molar-refractivity contribution in [1.29, 1.82) is 0 Å². The topological polar surface area (TPSA) is 54.8 Å². The highest BCUT2D eigenvalue weighted by Crippen LogP contribution is 2.11. The van der Waals surface area contributed by atoms with Crippen LogP contribution in [0.3, 0.4) is 0 Å². The Balaban J connectivity index is 1.69. The van der Waals surface area contributed by atoms with Gasteiger partial charge in [-0.3, -0.25) is 4.90 Å². The van der Waals surface area contributed by atoms with Crippen LogP contribution in [0.25, 0.3) is 0 Å². The fraction of sp³-hybridized carbons (Fsp3) is 0.545. The molecule has 0 unspecified atom stereocenters. The minimum atomic E-state index is 0.153. The summed E-state index contributed by atoms with van der Waals surface area (Å²) in [7, 11) is 0. The molecule has 1 aliphatic rings. The smallest absolute Gasteiger partial charge is 0.213 e. The Morgan fingerprint density at radius 3 is 2.88 bits per heavy atom. The van der Waals surface area contributed by atoms with Gasteiger partial charge in [0.25, 0.3) is 0 Å². The molecule has 1 aliphatic heterocycles. The van der Waals surface area contributed by atoms with Gasteiger partial charge in [-0.15, -0.1) is 0 Å². The van der Waals surface area contributed by atoms with E-state index in [0.717, 1.165) is 32.8 Å². The lowest BCUT2D eigenvalue weighted by molar-refractivity contribution is 0.0320. The van der Waals surface area contributed by atoms with Crippen LogP contribution < -0.4 is 4.74 Å². The van der Waals surface area contributed by atoms with E-state index in [1.807, 2.05) is 0 Å². The first-order chi connectivity index (χ1) is 7.84. The van der Waals surface area contributed by atoms with E-state index in [-0.39, 0.29) is 5.75 Å². The first kappa shape index (κ1) is 11.2. The van der Waals surface area contributed by atoms with E-state index in [0.29, 0.717) is 12.5 Å². The van der Waals surface area contributed by atoms with Crippen LogP contribution in [0.2, 0.25) is 0 Å². The summed E-state index contributed by atoms with van der Waals surface area (Å²) in [6.07, 6.45) is 1.38. The zero-order valence-electron chi connectivity index (χ0n) is 9.13. The van der Waals surface area contributed by atoms with Gasteiger partial charge in [0.15, 0.2) is 0 Å². The summed E-state index contributed by atoms with van der Waals surface area (Å²) in [5.41, 5.74) is 0. The number of morpholine rings is 1.